The Balaban J connectivity index is 1.27. The van der Waals surface area contributed by atoms with Crippen molar-refractivity contribution in [2.75, 3.05) is 13.4 Å². The normalized spacial score (nSPS) is 11.8. The van der Waals surface area contributed by atoms with E-state index < -0.39 is 23.4 Å². The molecule has 0 radical (unpaired) electrons. The molecule has 178 valence electrons. The van der Waals surface area contributed by atoms with Gasteiger partial charge in [-0.3, -0.25) is 14.9 Å². The molecule has 1 amide bonds. The number of nitro groups is 1. The number of benzene rings is 3. The molecule has 0 aliphatic carbocycles. The van der Waals surface area contributed by atoms with E-state index in [1.165, 1.54) is 18.3 Å². The minimum absolute atomic E-state index is 0.0387. The lowest BCUT2D eigenvalue weighted by atomic mass is 10.2. The van der Waals surface area contributed by atoms with Gasteiger partial charge >= 0.3 is 11.7 Å². The van der Waals surface area contributed by atoms with Gasteiger partial charge in [-0.2, -0.15) is 5.10 Å². The number of carbonyl (C=O) groups is 2. The molecule has 1 aliphatic rings. The van der Waals surface area contributed by atoms with Crippen LogP contribution in [-0.4, -0.2) is 36.4 Å². The van der Waals surface area contributed by atoms with Crippen molar-refractivity contribution in [1.82, 2.24) is 5.43 Å². The van der Waals surface area contributed by atoms with Crippen LogP contribution < -0.4 is 24.4 Å². The van der Waals surface area contributed by atoms with Crippen molar-refractivity contribution < 1.29 is 33.5 Å². The number of rotatable bonds is 8. The second-order valence-electron chi connectivity index (χ2n) is 6.98. The summed E-state index contributed by atoms with van der Waals surface area (Å²) in [6.07, 6.45) is 1.38. The number of esters is 1. The molecular weight excluding hydrogens is 526 g/mol. The molecule has 1 aliphatic heterocycles. The molecule has 35 heavy (non-hydrogen) atoms. The monoisotopic (exact) mass is 541 g/mol. The van der Waals surface area contributed by atoms with Gasteiger partial charge in [0.05, 0.1) is 16.7 Å². The predicted octanol–water partition coefficient (Wildman–Crippen LogP) is 3.83. The van der Waals surface area contributed by atoms with Gasteiger partial charge in [0, 0.05) is 10.5 Å². The van der Waals surface area contributed by atoms with Gasteiger partial charge < -0.3 is 18.9 Å². The average molecular weight is 542 g/mol. The third kappa shape index (κ3) is 6.12. The predicted molar refractivity (Wildman–Crippen MR) is 126 cm³/mol. The number of hydrogen-bond donors (Lipinski definition) is 1. The van der Waals surface area contributed by atoms with E-state index in [2.05, 4.69) is 26.5 Å². The smallest absolute Gasteiger partial charge is 0.343 e. The molecule has 3 aromatic carbocycles. The standard InChI is InChI=1S/C23H16BrN3O8/c24-16-4-8-19(18(10-16)27(30)31)32-12-22(28)26-25-11-14-1-5-17(6-2-14)35-23(29)15-3-7-20-21(9-15)34-13-33-20/h1-11H,12-13H2,(H,26,28). The summed E-state index contributed by atoms with van der Waals surface area (Å²) in [6.45, 7) is -0.355. The van der Waals surface area contributed by atoms with E-state index in [0.29, 0.717) is 32.8 Å². The molecule has 0 saturated carbocycles. The van der Waals surface area contributed by atoms with Gasteiger partial charge in [-0.25, -0.2) is 10.2 Å². The largest absolute Gasteiger partial charge is 0.477 e. The highest BCUT2D eigenvalue weighted by molar-refractivity contribution is 9.10. The molecule has 0 atom stereocenters. The van der Waals surface area contributed by atoms with Crippen LogP contribution in [0.3, 0.4) is 0 Å². The van der Waals surface area contributed by atoms with Gasteiger partial charge in [-0.05, 0) is 60.2 Å². The van der Waals surface area contributed by atoms with Crippen LogP contribution in [0.5, 0.6) is 23.0 Å². The van der Waals surface area contributed by atoms with Crippen molar-refractivity contribution in [3.8, 4) is 23.0 Å². The molecule has 0 fully saturated rings. The Morgan fingerprint density at radius 1 is 1.09 bits per heavy atom. The average Bonchev–Trinajstić information content (AvgIpc) is 3.32. The summed E-state index contributed by atoms with van der Waals surface area (Å²) < 4.78 is 21.6. The molecule has 12 heteroatoms. The molecule has 0 saturated heterocycles. The summed E-state index contributed by atoms with van der Waals surface area (Å²) >= 11 is 3.15. The number of amides is 1. The van der Waals surface area contributed by atoms with E-state index in [4.69, 9.17) is 18.9 Å². The number of fused-ring (bicyclic) bond motifs is 1. The van der Waals surface area contributed by atoms with Crippen molar-refractivity contribution in [3.05, 3.63) is 86.4 Å². The number of hydrogen-bond acceptors (Lipinski definition) is 9. The summed E-state index contributed by atoms with van der Waals surface area (Å²) in [5.74, 6) is 0.171. The zero-order valence-electron chi connectivity index (χ0n) is 17.8. The molecule has 1 heterocycles. The van der Waals surface area contributed by atoms with Crippen LogP contribution in [0.1, 0.15) is 15.9 Å². The summed E-state index contributed by atoms with van der Waals surface area (Å²) in [5.41, 5.74) is 2.94. The van der Waals surface area contributed by atoms with Gasteiger partial charge in [0.15, 0.2) is 23.9 Å². The fraction of sp³-hybridized carbons (Fsp3) is 0.0870. The van der Waals surface area contributed by atoms with Crippen LogP contribution in [0, 0.1) is 10.1 Å². The molecule has 0 bridgehead atoms. The summed E-state index contributed by atoms with van der Waals surface area (Å²) in [5, 5.41) is 14.9. The Labute approximate surface area is 206 Å². The zero-order valence-corrected chi connectivity index (χ0v) is 19.4. The Kier molecular flexibility index (Phi) is 7.21. The van der Waals surface area contributed by atoms with Crippen LogP contribution in [0.2, 0.25) is 0 Å². The Bertz CT molecular complexity index is 1310. The summed E-state index contributed by atoms with van der Waals surface area (Å²) in [4.78, 5) is 34.8. The van der Waals surface area contributed by atoms with Gasteiger partial charge in [-0.15, -0.1) is 0 Å². The highest BCUT2D eigenvalue weighted by Crippen LogP contribution is 2.33. The van der Waals surface area contributed by atoms with E-state index in [0.717, 1.165) is 0 Å². The van der Waals surface area contributed by atoms with Crippen LogP contribution in [-0.2, 0) is 4.79 Å². The molecule has 3 aromatic rings. The number of nitrogens with one attached hydrogen (secondary N) is 1. The minimum atomic E-state index is -0.605. The maximum Gasteiger partial charge on any atom is 0.343 e. The van der Waals surface area contributed by atoms with Crippen molar-refractivity contribution >= 4 is 39.7 Å². The van der Waals surface area contributed by atoms with Crippen molar-refractivity contribution in [1.29, 1.82) is 0 Å². The Morgan fingerprint density at radius 3 is 2.63 bits per heavy atom. The fourth-order valence-corrected chi connectivity index (χ4v) is 3.27. The number of hydrazone groups is 1. The van der Waals surface area contributed by atoms with E-state index in [9.17, 15) is 19.7 Å². The first-order valence-electron chi connectivity index (χ1n) is 9.99. The third-order valence-electron chi connectivity index (χ3n) is 4.58. The van der Waals surface area contributed by atoms with E-state index in [-0.39, 0.29) is 18.2 Å². The van der Waals surface area contributed by atoms with Crippen LogP contribution in [0.4, 0.5) is 5.69 Å². The quantitative estimate of drug-likeness (QED) is 0.149. The first-order valence-corrected chi connectivity index (χ1v) is 10.8. The van der Waals surface area contributed by atoms with Crippen LogP contribution in [0.25, 0.3) is 0 Å². The molecule has 0 aromatic heterocycles. The van der Waals surface area contributed by atoms with Gasteiger partial charge in [0.25, 0.3) is 5.91 Å². The van der Waals surface area contributed by atoms with Gasteiger partial charge in [0.1, 0.15) is 5.75 Å². The molecule has 0 unspecified atom stereocenters. The highest BCUT2D eigenvalue weighted by atomic mass is 79.9. The summed E-state index contributed by atoms with van der Waals surface area (Å²) in [6, 6.07) is 15.4. The second-order valence-corrected chi connectivity index (χ2v) is 7.89. The highest BCUT2D eigenvalue weighted by Gasteiger charge is 2.18. The lowest BCUT2D eigenvalue weighted by molar-refractivity contribution is -0.385. The lowest BCUT2D eigenvalue weighted by Crippen LogP contribution is -2.24. The van der Waals surface area contributed by atoms with E-state index >= 15 is 0 Å². The van der Waals surface area contributed by atoms with Crippen LogP contribution in [0.15, 0.2) is 70.2 Å². The summed E-state index contributed by atoms with van der Waals surface area (Å²) in [7, 11) is 0. The number of nitro benzene ring substituents is 1. The number of ether oxygens (including phenoxy) is 4. The molecule has 4 rings (SSSR count). The molecule has 0 spiro atoms. The maximum absolute atomic E-state index is 12.3. The number of nitrogens with zero attached hydrogens (tertiary/aromatic N) is 2. The van der Waals surface area contributed by atoms with Gasteiger partial charge in [-0.1, -0.05) is 15.9 Å². The van der Waals surface area contributed by atoms with Crippen LogP contribution >= 0.6 is 15.9 Å². The van der Waals surface area contributed by atoms with Crippen molar-refractivity contribution in [3.63, 3.8) is 0 Å². The second kappa shape index (κ2) is 10.7. The lowest BCUT2D eigenvalue weighted by Gasteiger charge is -2.06. The maximum atomic E-state index is 12.3. The Hall–Kier alpha value is -4.45. The molecular formula is C23H16BrN3O8. The fourth-order valence-electron chi connectivity index (χ4n) is 2.92. The minimum Gasteiger partial charge on any atom is -0.477 e. The number of halogens is 1. The number of carbonyl (C=O) groups excluding carboxylic acids is 2. The Morgan fingerprint density at radius 2 is 1.86 bits per heavy atom. The van der Waals surface area contributed by atoms with E-state index in [1.807, 2.05) is 0 Å². The van der Waals surface area contributed by atoms with Gasteiger partial charge in [0.2, 0.25) is 6.79 Å². The SMILES string of the molecule is O=C(COc1ccc(Br)cc1[N+](=O)[O-])NN=Cc1ccc(OC(=O)c2ccc3c(c2)OCO3)cc1. The van der Waals surface area contributed by atoms with E-state index in [1.54, 1.807) is 48.5 Å². The first-order chi connectivity index (χ1) is 16.9. The van der Waals surface area contributed by atoms with Crippen molar-refractivity contribution in [2.45, 2.75) is 0 Å². The molecule has 11 nitrogen and oxygen atoms in total. The zero-order chi connectivity index (χ0) is 24.8. The molecule has 1 N–H and O–H groups in total. The topological polar surface area (TPSA) is 139 Å². The van der Waals surface area contributed by atoms with Crippen molar-refractivity contribution in [2.24, 2.45) is 5.10 Å². The third-order valence-corrected chi connectivity index (χ3v) is 5.07. The first kappa shape index (κ1) is 23.7.